The van der Waals surface area contributed by atoms with Crippen LogP contribution in [0.4, 0.5) is 0 Å². The van der Waals surface area contributed by atoms with E-state index in [1.165, 1.54) is 11.8 Å². The molecule has 23 heavy (non-hydrogen) atoms. The SMILES string of the molecule is Cc1nnc(SCCOc2cccc(Cl)c2)n1CC(=O)N(C)C. The molecule has 0 atom stereocenters. The van der Waals surface area contributed by atoms with Crippen molar-refractivity contribution in [2.24, 2.45) is 0 Å². The van der Waals surface area contributed by atoms with Gasteiger partial charge >= 0.3 is 0 Å². The molecule has 8 heteroatoms. The molecule has 0 aliphatic rings. The largest absolute Gasteiger partial charge is 0.493 e. The second-order valence-corrected chi connectivity index (χ2v) is 6.56. The number of hydrogen-bond acceptors (Lipinski definition) is 5. The molecule has 0 fully saturated rings. The van der Waals surface area contributed by atoms with Crippen LogP contribution in [0.1, 0.15) is 5.82 Å². The van der Waals surface area contributed by atoms with Crippen LogP contribution < -0.4 is 4.74 Å². The van der Waals surface area contributed by atoms with Gasteiger partial charge in [0.2, 0.25) is 5.91 Å². The van der Waals surface area contributed by atoms with Crippen LogP contribution in [0, 0.1) is 6.92 Å². The van der Waals surface area contributed by atoms with Gasteiger partial charge in [-0.05, 0) is 25.1 Å². The number of likely N-dealkylation sites (N-methyl/N-ethyl adjacent to an activating group) is 1. The zero-order chi connectivity index (χ0) is 16.8. The van der Waals surface area contributed by atoms with Crippen LogP contribution in [0.25, 0.3) is 0 Å². The average molecular weight is 355 g/mol. The standard InChI is InChI=1S/C15H19ClN4O2S/c1-11-17-18-15(20(11)10-14(21)19(2)3)23-8-7-22-13-6-4-5-12(16)9-13/h4-6,9H,7-8,10H2,1-3H3. The monoisotopic (exact) mass is 354 g/mol. The fourth-order valence-electron chi connectivity index (χ4n) is 1.78. The zero-order valence-corrected chi connectivity index (χ0v) is 14.9. The summed E-state index contributed by atoms with van der Waals surface area (Å²) in [5.74, 6) is 2.16. The number of ether oxygens (including phenoxy) is 1. The summed E-state index contributed by atoms with van der Waals surface area (Å²) >= 11 is 7.41. The van der Waals surface area contributed by atoms with E-state index in [-0.39, 0.29) is 12.5 Å². The van der Waals surface area contributed by atoms with Crippen LogP contribution in [0.5, 0.6) is 5.75 Å². The van der Waals surface area contributed by atoms with Gasteiger partial charge < -0.3 is 9.64 Å². The summed E-state index contributed by atoms with van der Waals surface area (Å²) < 4.78 is 7.45. The number of aromatic nitrogens is 3. The van der Waals surface area contributed by atoms with E-state index in [0.717, 1.165) is 11.6 Å². The van der Waals surface area contributed by atoms with E-state index in [0.29, 0.717) is 22.5 Å². The first-order valence-corrected chi connectivity index (χ1v) is 8.45. The minimum Gasteiger partial charge on any atom is -0.493 e. The Labute approximate surface area is 144 Å². The lowest BCUT2D eigenvalue weighted by atomic mass is 10.3. The molecular formula is C15H19ClN4O2S. The summed E-state index contributed by atoms with van der Waals surface area (Å²) in [6.07, 6.45) is 0. The Bertz CT molecular complexity index is 675. The molecule has 1 heterocycles. The number of carbonyl (C=O) groups is 1. The summed E-state index contributed by atoms with van der Waals surface area (Å²) in [4.78, 5) is 13.4. The highest BCUT2D eigenvalue weighted by atomic mass is 35.5. The summed E-state index contributed by atoms with van der Waals surface area (Å²) in [7, 11) is 3.46. The highest BCUT2D eigenvalue weighted by Gasteiger charge is 2.14. The van der Waals surface area contributed by atoms with Crippen molar-refractivity contribution >= 4 is 29.3 Å². The second kappa shape index (κ2) is 8.21. The molecule has 2 aromatic rings. The molecule has 0 bridgehead atoms. The lowest BCUT2D eigenvalue weighted by molar-refractivity contribution is -0.129. The molecule has 0 saturated heterocycles. The Hall–Kier alpha value is -1.73. The van der Waals surface area contributed by atoms with Gasteiger partial charge in [-0.3, -0.25) is 9.36 Å². The van der Waals surface area contributed by atoms with Crippen LogP contribution in [-0.4, -0.2) is 52.0 Å². The minimum atomic E-state index is 0.00456. The molecule has 124 valence electrons. The predicted molar refractivity (Wildman–Crippen MR) is 91.1 cm³/mol. The molecule has 0 aliphatic carbocycles. The van der Waals surface area contributed by atoms with Crippen LogP contribution in [-0.2, 0) is 11.3 Å². The number of amides is 1. The second-order valence-electron chi connectivity index (χ2n) is 5.06. The van der Waals surface area contributed by atoms with Crippen LogP contribution in [0.2, 0.25) is 5.02 Å². The fourth-order valence-corrected chi connectivity index (χ4v) is 2.76. The van der Waals surface area contributed by atoms with Crippen molar-refractivity contribution in [2.75, 3.05) is 26.5 Å². The maximum absolute atomic E-state index is 11.9. The molecule has 0 aliphatic heterocycles. The van der Waals surface area contributed by atoms with Gasteiger partial charge in [0.15, 0.2) is 5.16 Å². The van der Waals surface area contributed by atoms with Gasteiger partial charge in [-0.2, -0.15) is 0 Å². The quantitative estimate of drug-likeness (QED) is 0.564. The summed E-state index contributed by atoms with van der Waals surface area (Å²) in [5.41, 5.74) is 0. The van der Waals surface area contributed by atoms with Crippen molar-refractivity contribution in [3.63, 3.8) is 0 Å². The van der Waals surface area contributed by atoms with Crippen molar-refractivity contribution in [3.05, 3.63) is 35.1 Å². The highest BCUT2D eigenvalue weighted by Crippen LogP contribution is 2.19. The Kier molecular flexibility index (Phi) is 6.29. The first-order valence-electron chi connectivity index (χ1n) is 7.08. The zero-order valence-electron chi connectivity index (χ0n) is 13.3. The van der Waals surface area contributed by atoms with E-state index in [1.54, 1.807) is 31.1 Å². The van der Waals surface area contributed by atoms with Gasteiger partial charge in [0, 0.05) is 24.9 Å². The van der Waals surface area contributed by atoms with Gasteiger partial charge in [-0.25, -0.2) is 0 Å². The van der Waals surface area contributed by atoms with E-state index >= 15 is 0 Å². The van der Waals surface area contributed by atoms with Gasteiger partial charge in [0.1, 0.15) is 18.1 Å². The first kappa shape index (κ1) is 17.6. The molecule has 6 nitrogen and oxygen atoms in total. The predicted octanol–water partition coefficient (Wildman–Crippen LogP) is 2.50. The molecule has 0 saturated carbocycles. The number of thioether (sulfide) groups is 1. The van der Waals surface area contributed by atoms with E-state index in [4.69, 9.17) is 16.3 Å². The molecule has 0 unspecified atom stereocenters. The Morgan fingerprint density at radius 2 is 2.17 bits per heavy atom. The molecule has 0 radical (unpaired) electrons. The number of halogens is 1. The third-order valence-electron chi connectivity index (χ3n) is 3.07. The summed E-state index contributed by atoms with van der Waals surface area (Å²) in [5, 5.41) is 9.52. The van der Waals surface area contributed by atoms with Crippen molar-refractivity contribution in [3.8, 4) is 5.75 Å². The minimum absolute atomic E-state index is 0.00456. The van der Waals surface area contributed by atoms with Crippen molar-refractivity contribution in [2.45, 2.75) is 18.6 Å². The Morgan fingerprint density at radius 3 is 2.87 bits per heavy atom. The first-order chi connectivity index (χ1) is 11.0. The number of aryl methyl sites for hydroxylation is 1. The van der Waals surface area contributed by atoms with Crippen LogP contribution >= 0.6 is 23.4 Å². The van der Waals surface area contributed by atoms with E-state index in [9.17, 15) is 4.79 Å². The topological polar surface area (TPSA) is 60.3 Å². The smallest absolute Gasteiger partial charge is 0.242 e. The maximum Gasteiger partial charge on any atom is 0.242 e. The highest BCUT2D eigenvalue weighted by molar-refractivity contribution is 7.99. The van der Waals surface area contributed by atoms with Crippen LogP contribution in [0.15, 0.2) is 29.4 Å². The van der Waals surface area contributed by atoms with Crippen molar-refractivity contribution in [1.82, 2.24) is 19.7 Å². The molecule has 1 amide bonds. The molecule has 1 aromatic carbocycles. The van der Waals surface area contributed by atoms with Crippen molar-refractivity contribution < 1.29 is 9.53 Å². The Balaban J connectivity index is 1.87. The van der Waals surface area contributed by atoms with Crippen LogP contribution in [0.3, 0.4) is 0 Å². The average Bonchev–Trinajstić information content (AvgIpc) is 2.84. The number of hydrogen-bond donors (Lipinski definition) is 0. The van der Waals surface area contributed by atoms with E-state index < -0.39 is 0 Å². The van der Waals surface area contributed by atoms with Gasteiger partial charge in [0.05, 0.1) is 6.61 Å². The van der Waals surface area contributed by atoms with Gasteiger partial charge in [-0.1, -0.05) is 29.4 Å². The van der Waals surface area contributed by atoms with E-state index in [2.05, 4.69) is 10.2 Å². The summed E-state index contributed by atoms with van der Waals surface area (Å²) in [6, 6.07) is 7.28. The van der Waals surface area contributed by atoms with Gasteiger partial charge in [0.25, 0.3) is 0 Å². The normalized spacial score (nSPS) is 10.6. The Morgan fingerprint density at radius 1 is 1.39 bits per heavy atom. The maximum atomic E-state index is 11.9. The van der Waals surface area contributed by atoms with E-state index in [1.807, 2.05) is 23.6 Å². The third-order valence-corrected chi connectivity index (χ3v) is 4.24. The number of carbonyl (C=O) groups excluding carboxylic acids is 1. The molecule has 2 rings (SSSR count). The van der Waals surface area contributed by atoms with Crippen molar-refractivity contribution in [1.29, 1.82) is 0 Å². The lowest BCUT2D eigenvalue weighted by Crippen LogP contribution is -2.27. The number of benzene rings is 1. The fraction of sp³-hybridized carbons (Fsp3) is 0.400. The van der Waals surface area contributed by atoms with Gasteiger partial charge in [-0.15, -0.1) is 10.2 Å². The third kappa shape index (κ3) is 5.14. The number of nitrogens with zero attached hydrogens (tertiary/aromatic N) is 4. The summed E-state index contributed by atoms with van der Waals surface area (Å²) in [6.45, 7) is 2.59. The molecular weight excluding hydrogens is 336 g/mol. The number of rotatable bonds is 7. The lowest BCUT2D eigenvalue weighted by Gasteiger charge is -2.13. The molecule has 0 N–H and O–H groups in total. The molecule has 0 spiro atoms. The molecule has 1 aromatic heterocycles.